The number of hydrogen-bond donors (Lipinski definition) is 0. The molecule has 0 aromatic rings. The van der Waals surface area contributed by atoms with Crippen LogP contribution in [-0.4, -0.2) is 79.3 Å². The van der Waals surface area contributed by atoms with Gasteiger partial charge in [-0.2, -0.15) is 0 Å². The molecule has 0 saturated heterocycles. The topological polar surface area (TPSA) is 55.4 Å². The Kier molecular flexibility index (Phi) is 13.4. The van der Waals surface area contributed by atoms with Crippen molar-refractivity contribution in [3.8, 4) is 0 Å². The Morgan fingerprint density at radius 1 is 0.429 bits per heavy atom. The van der Waals surface area contributed by atoms with Gasteiger partial charge in [-0.25, -0.2) is 0 Å². The highest BCUT2D eigenvalue weighted by Crippen LogP contribution is 2.23. The predicted octanol–water partition coefficient (Wildman–Crippen LogP) is -3.73. The minimum Gasteiger partial charge on any atom is -0.382 e. The van der Waals surface area contributed by atoms with E-state index in [9.17, 15) is 0 Å². The summed E-state index contributed by atoms with van der Waals surface area (Å²) in [7, 11) is -5.04. The molecule has 0 N–H and O–H groups in total. The maximum atomic E-state index is 6.04. The molecule has 0 fully saturated rings. The van der Waals surface area contributed by atoms with E-state index in [4.69, 9.17) is 26.6 Å². The van der Waals surface area contributed by atoms with E-state index in [2.05, 4.69) is 39.3 Å². The molecule has 0 amide bonds. The van der Waals surface area contributed by atoms with Gasteiger partial charge in [0.15, 0.2) is 58.6 Å². The van der Waals surface area contributed by atoms with Gasteiger partial charge in [-0.1, -0.05) is 39.3 Å². The van der Waals surface area contributed by atoms with Crippen molar-refractivity contribution in [3.63, 3.8) is 0 Å². The van der Waals surface area contributed by atoms with Crippen LogP contribution < -0.4 is 0 Å². The lowest BCUT2D eigenvalue weighted by Gasteiger charge is -2.42. The molecule has 0 atom stereocenters. The highest BCUT2D eigenvalue weighted by Gasteiger charge is 2.45. The smallest absolute Gasteiger partial charge is 0.231 e. The molecular weight excluding hydrogens is 389 g/mol. The molecule has 0 spiro atoms. The summed E-state index contributed by atoms with van der Waals surface area (Å²) in [6, 6.07) is 0. The van der Waals surface area contributed by atoms with Crippen molar-refractivity contribution in [3.05, 3.63) is 0 Å². The van der Waals surface area contributed by atoms with Crippen molar-refractivity contribution >= 4 is 68.1 Å². The van der Waals surface area contributed by atoms with Crippen molar-refractivity contribution in [1.82, 2.24) is 0 Å². The second-order valence-corrected chi connectivity index (χ2v) is 11.4. The number of hydrogen-bond acceptors (Lipinski definition) is 6. The second-order valence-electron chi connectivity index (χ2n) is 4.14. The van der Waals surface area contributed by atoms with Gasteiger partial charge in [0, 0.05) is 0 Å². The summed E-state index contributed by atoms with van der Waals surface area (Å²) in [6.07, 6.45) is 0. The molecular formula is C8H32O6Si7. The first-order chi connectivity index (χ1) is 10.1. The van der Waals surface area contributed by atoms with E-state index < -0.39 is 79.3 Å². The van der Waals surface area contributed by atoms with Crippen molar-refractivity contribution in [1.29, 1.82) is 0 Å². The van der Waals surface area contributed by atoms with Crippen LogP contribution in [0.1, 0.15) is 0 Å². The van der Waals surface area contributed by atoms with Gasteiger partial charge in [0.1, 0.15) is 0 Å². The maximum Gasteiger partial charge on any atom is 0.231 e. The van der Waals surface area contributed by atoms with Crippen LogP contribution in [0.5, 0.6) is 0 Å². The third-order valence-corrected chi connectivity index (χ3v) is 11.5. The molecule has 0 rings (SSSR count). The fraction of sp³-hybridized carbons (Fsp3) is 1.00. The van der Waals surface area contributed by atoms with Gasteiger partial charge in [0.25, 0.3) is 0 Å². The molecule has 128 valence electrons. The van der Waals surface area contributed by atoms with Crippen molar-refractivity contribution in [2.45, 2.75) is 50.5 Å². The minimum absolute atomic E-state index is 0.645. The number of rotatable bonds is 14. The molecule has 21 heavy (non-hydrogen) atoms. The molecule has 0 aliphatic rings. The summed E-state index contributed by atoms with van der Waals surface area (Å²) in [5.74, 6) is 0. The van der Waals surface area contributed by atoms with Crippen LogP contribution in [0.4, 0.5) is 0 Å². The lowest BCUT2D eigenvalue weighted by molar-refractivity contribution is -0.231. The highest BCUT2D eigenvalue weighted by molar-refractivity contribution is 6.48. The van der Waals surface area contributed by atoms with Gasteiger partial charge < -0.3 is 26.6 Å². The molecule has 0 aliphatic heterocycles. The average Bonchev–Trinajstić information content (AvgIpc) is 2.40. The van der Waals surface area contributed by atoms with Crippen molar-refractivity contribution < 1.29 is 26.6 Å². The van der Waals surface area contributed by atoms with Gasteiger partial charge in [-0.3, -0.25) is 0 Å². The van der Waals surface area contributed by atoms with E-state index in [1.165, 1.54) is 0 Å². The fourth-order valence-corrected chi connectivity index (χ4v) is 13.4. The van der Waals surface area contributed by atoms with Gasteiger partial charge in [-0.05, 0) is 0 Å². The first kappa shape index (κ1) is 22.3. The maximum absolute atomic E-state index is 6.04. The van der Waals surface area contributed by atoms with Crippen LogP contribution in [-0.2, 0) is 26.6 Å². The van der Waals surface area contributed by atoms with E-state index in [0.717, 1.165) is 0 Å². The Hall–Kier alpha value is 1.28. The van der Waals surface area contributed by atoms with Crippen LogP contribution in [0.2, 0.25) is 39.3 Å². The van der Waals surface area contributed by atoms with Gasteiger partial charge >= 0.3 is 0 Å². The Bertz CT molecular complexity index is 203. The fourth-order valence-electron chi connectivity index (χ4n) is 2.14. The van der Waals surface area contributed by atoms with Crippen LogP contribution in [0.15, 0.2) is 0 Å². The Morgan fingerprint density at radius 2 is 0.619 bits per heavy atom. The lowest BCUT2D eigenvalue weighted by Crippen LogP contribution is -2.60. The van der Waals surface area contributed by atoms with Crippen LogP contribution in [0, 0.1) is 0 Å². The standard InChI is InChI=1S/C8H32O6Si7/c1-15-9-7(10-16-2,11-17-3)21-8(12-18-4,13-19-5)14-20-6/h15-21H2,1-6H3. The first-order valence-corrected chi connectivity index (χ1v) is 21.3. The Morgan fingerprint density at radius 3 is 0.762 bits per heavy atom. The third kappa shape index (κ3) is 8.08. The summed E-state index contributed by atoms with van der Waals surface area (Å²) in [5.41, 5.74) is -1.70. The zero-order chi connectivity index (χ0) is 16.2. The molecule has 0 heterocycles. The quantitative estimate of drug-likeness (QED) is 0.213. The van der Waals surface area contributed by atoms with E-state index in [0.29, 0.717) is 0 Å². The Labute approximate surface area is 145 Å². The zero-order valence-corrected chi connectivity index (χ0v) is 24.3. The van der Waals surface area contributed by atoms with Crippen molar-refractivity contribution in [2.24, 2.45) is 0 Å². The normalized spacial score (nSPS) is 21.4. The summed E-state index contributed by atoms with van der Waals surface area (Å²) in [4.78, 5) is 0. The third-order valence-electron chi connectivity index (χ3n) is 2.62. The molecule has 0 aromatic heterocycles. The van der Waals surface area contributed by atoms with Gasteiger partial charge in [-0.15, -0.1) is 0 Å². The van der Waals surface area contributed by atoms with Gasteiger partial charge in [0.05, 0.1) is 0 Å². The second kappa shape index (κ2) is 12.7. The summed E-state index contributed by atoms with van der Waals surface area (Å²) in [6.45, 7) is 12.6. The highest BCUT2D eigenvalue weighted by atomic mass is 28.2. The predicted molar refractivity (Wildman–Crippen MR) is 107 cm³/mol. The molecule has 0 saturated carbocycles. The SMILES string of the molecule is C[SiH2]OC(O[SiH2]C)(O[SiH2]C)[SiH2]C(O[SiH2]C)(O[SiH2]C)O[SiH2]C. The van der Waals surface area contributed by atoms with E-state index >= 15 is 0 Å². The van der Waals surface area contributed by atoms with E-state index in [1.807, 2.05) is 0 Å². The zero-order valence-electron chi connectivity index (χ0n) is 14.4. The summed E-state index contributed by atoms with van der Waals surface area (Å²) >= 11 is 0. The average molecular weight is 421 g/mol. The summed E-state index contributed by atoms with van der Waals surface area (Å²) in [5, 5.41) is 0. The lowest BCUT2D eigenvalue weighted by atomic mass is 11.3. The van der Waals surface area contributed by atoms with Crippen LogP contribution in [0.25, 0.3) is 0 Å². The molecule has 0 unspecified atom stereocenters. The van der Waals surface area contributed by atoms with Crippen LogP contribution >= 0.6 is 0 Å². The molecule has 0 aromatic carbocycles. The van der Waals surface area contributed by atoms with E-state index in [1.54, 1.807) is 0 Å². The molecule has 0 radical (unpaired) electrons. The Balaban J connectivity index is 5.30. The van der Waals surface area contributed by atoms with Crippen LogP contribution in [0.3, 0.4) is 0 Å². The monoisotopic (exact) mass is 420 g/mol. The van der Waals surface area contributed by atoms with Crippen molar-refractivity contribution in [2.75, 3.05) is 0 Å². The first-order valence-electron chi connectivity index (χ1n) is 7.91. The molecule has 0 bridgehead atoms. The van der Waals surface area contributed by atoms with E-state index in [-0.39, 0.29) is 0 Å². The van der Waals surface area contributed by atoms with Gasteiger partial charge in [0.2, 0.25) is 20.7 Å². The molecule has 0 aliphatic carbocycles. The minimum atomic E-state index is -1.17. The molecule has 13 heteroatoms. The summed E-state index contributed by atoms with van der Waals surface area (Å²) < 4.78 is 36.2. The molecule has 6 nitrogen and oxygen atoms in total. The largest absolute Gasteiger partial charge is 0.382 e.